The van der Waals surface area contributed by atoms with E-state index >= 15 is 0 Å². The van der Waals surface area contributed by atoms with Crippen molar-refractivity contribution in [3.05, 3.63) is 35.8 Å². The summed E-state index contributed by atoms with van der Waals surface area (Å²) in [6.45, 7) is 1.35. The molecule has 4 nitrogen and oxygen atoms in total. The summed E-state index contributed by atoms with van der Waals surface area (Å²) in [4.78, 5) is 14.6. The van der Waals surface area contributed by atoms with Crippen LogP contribution in [0.3, 0.4) is 0 Å². The van der Waals surface area contributed by atoms with Crippen LogP contribution >= 0.6 is 0 Å². The predicted octanol–water partition coefficient (Wildman–Crippen LogP) is 1.46. The molecule has 5 heteroatoms. The molecule has 0 bridgehead atoms. The predicted molar refractivity (Wildman–Crippen MR) is 66.6 cm³/mol. The molecule has 3 N–H and O–H groups in total. The standard InChI is InChI=1S/C13H14FN3O/c14-9-3-1-2-8-6-11(17-13(8)9)10-7-12(18)16-5-4-15-10/h1-3,6,10,15,17H,4-5,7H2,(H,16,18). The van der Waals surface area contributed by atoms with E-state index in [-0.39, 0.29) is 17.8 Å². The summed E-state index contributed by atoms with van der Waals surface area (Å²) in [6.07, 6.45) is 0.369. The lowest BCUT2D eigenvalue weighted by molar-refractivity contribution is -0.121. The van der Waals surface area contributed by atoms with Crippen LogP contribution in [0.1, 0.15) is 18.2 Å². The van der Waals surface area contributed by atoms with Crippen LogP contribution in [0.4, 0.5) is 4.39 Å². The highest BCUT2D eigenvalue weighted by Crippen LogP contribution is 2.24. The lowest BCUT2D eigenvalue weighted by atomic mass is 10.1. The smallest absolute Gasteiger partial charge is 0.222 e. The van der Waals surface area contributed by atoms with Gasteiger partial charge in [-0.05, 0) is 12.1 Å². The molecule has 2 aromatic rings. The van der Waals surface area contributed by atoms with Crippen LogP contribution in [0.15, 0.2) is 24.3 Å². The van der Waals surface area contributed by atoms with Crippen LogP contribution in [0, 0.1) is 5.82 Å². The molecule has 1 atom stereocenters. The minimum absolute atomic E-state index is 0.0177. The largest absolute Gasteiger partial charge is 0.355 e. The highest BCUT2D eigenvalue weighted by molar-refractivity contribution is 5.82. The fourth-order valence-corrected chi connectivity index (χ4v) is 2.33. The highest BCUT2D eigenvalue weighted by atomic mass is 19.1. The summed E-state index contributed by atoms with van der Waals surface area (Å²) in [7, 11) is 0. The van der Waals surface area contributed by atoms with E-state index in [1.54, 1.807) is 6.07 Å². The Morgan fingerprint density at radius 3 is 3.00 bits per heavy atom. The van der Waals surface area contributed by atoms with E-state index < -0.39 is 0 Å². The van der Waals surface area contributed by atoms with Gasteiger partial charge in [0.15, 0.2) is 0 Å². The first-order chi connectivity index (χ1) is 8.74. The molecule has 1 saturated heterocycles. The zero-order chi connectivity index (χ0) is 12.5. The van der Waals surface area contributed by atoms with Crippen molar-refractivity contribution >= 4 is 16.8 Å². The molecule has 1 fully saturated rings. The van der Waals surface area contributed by atoms with E-state index in [9.17, 15) is 9.18 Å². The van der Waals surface area contributed by atoms with Crippen molar-refractivity contribution in [2.45, 2.75) is 12.5 Å². The number of carbonyl (C=O) groups is 1. The SMILES string of the molecule is O=C1CC(c2cc3cccc(F)c3[nH]2)NCCN1. The first kappa shape index (κ1) is 11.2. The van der Waals surface area contributed by atoms with Crippen molar-refractivity contribution in [1.82, 2.24) is 15.6 Å². The second-order valence-electron chi connectivity index (χ2n) is 4.49. The number of benzene rings is 1. The van der Waals surface area contributed by atoms with Crippen LogP contribution in [-0.4, -0.2) is 24.0 Å². The van der Waals surface area contributed by atoms with Gasteiger partial charge in [0.2, 0.25) is 5.91 Å². The van der Waals surface area contributed by atoms with Crippen LogP contribution in [0.5, 0.6) is 0 Å². The Hall–Kier alpha value is -1.88. The number of hydrogen-bond acceptors (Lipinski definition) is 2. The summed E-state index contributed by atoms with van der Waals surface area (Å²) in [5.41, 5.74) is 1.35. The van der Waals surface area contributed by atoms with Crippen molar-refractivity contribution in [3.63, 3.8) is 0 Å². The maximum Gasteiger partial charge on any atom is 0.222 e. The zero-order valence-corrected chi connectivity index (χ0v) is 9.79. The molecule has 0 saturated carbocycles. The van der Waals surface area contributed by atoms with Crippen molar-refractivity contribution in [3.8, 4) is 0 Å². The highest BCUT2D eigenvalue weighted by Gasteiger charge is 2.20. The average molecular weight is 247 g/mol. The summed E-state index contributed by atoms with van der Waals surface area (Å²) in [5.74, 6) is -0.249. The first-order valence-corrected chi connectivity index (χ1v) is 6.01. The van der Waals surface area contributed by atoms with Crippen LogP contribution in [0.25, 0.3) is 10.9 Å². The molecule has 2 heterocycles. The molecule has 1 unspecified atom stereocenters. The Bertz CT molecular complexity index is 593. The Kier molecular flexibility index (Phi) is 2.76. The Balaban J connectivity index is 1.98. The number of nitrogens with one attached hydrogen (secondary N) is 3. The van der Waals surface area contributed by atoms with Crippen molar-refractivity contribution in [2.75, 3.05) is 13.1 Å². The van der Waals surface area contributed by atoms with Gasteiger partial charge in [0.05, 0.1) is 11.6 Å². The molecule has 0 spiro atoms. The lowest BCUT2D eigenvalue weighted by Gasteiger charge is -2.12. The number of aromatic amines is 1. The van der Waals surface area contributed by atoms with Gasteiger partial charge in [-0.2, -0.15) is 0 Å². The maximum absolute atomic E-state index is 13.6. The number of amides is 1. The fourth-order valence-electron chi connectivity index (χ4n) is 2.33. The lowest BCUT2D eigenvalue weighted by Crippen LogP contribution is -2.24. The number of rotatable bonds is 1. The van der Waals surface area contributed by atoms with Gasteiger partial charge < -0.3 is 15.6 Å². The molecule has 1 aliphatic rings. The van der Waals surface area contributed by atoms with Gasteiger partial charge in [-0.25, -0.2) is 4.39 Å². The number of para-hydroxylation sites is 1. The summed E-state index contributed by atoms with van der Waals surface area (Å²) in [6, 6.07) is 6.78. The molecule has 18 heavy (non-hydrogen) atoms. The molecule has 1 amide bonds. The van der Waals surface area contributed by atoms with Gasteiger partial charge in [-0.1, -0.05) is 12.1 Å². The molecule has 1 aromatic carbocycles. The monoisotopic (exact) mass is 247 g/mol. The Labute approximate surface area is 104 Å². The number of hydrogen-bond donors (Lipinski definition) is 3. The van der Waals surface area contributed by atoms with Gasteiger partial charge in [0.1, 0.15) is 5.82 Å². The van der Waals surface area contributed by atoms with Gasteiger partial charge in [-0.15, -0.1) is 0 Å². The molecule has 0 aliphatic carbocycles. The third kappa shape index (κ3) is 1.97. The quantitative estimate of drug-likeness (QED) is 0.714. The molecule has 1 aromatic heterocycles. The first-order valence-electron chi connectivity index (χ1n) is 6.01. The second kappa shape index (κ2) is 4.42. The number of aromatic nitrogens is 1. The van der Waals surface area contributed by atoms with Crippen molar-refractivity contribution in [1.29, 1.82) is 0 Å². The third-order valence-electron chi connectivity index (χ3n) is 3.23. The minimum atomic E-state index is -0.267. The maximum atomic E-state index is 13.6. The number of fused-ring (bicyclic) bond motifs is 1. The Morgan fingerprint density at radius 1 is 1.28 bits per heavy atom. The molecule has 94 valence electrons. The summed E-state index contributed by atoms with van der Waals surface area (Å²) >= 11 is 0. The van der Waals surface area contributed by atoms with Crippen LogP contribution in [-0.2, 0) is 4.79 Å². The van der Waals surface area contributed by atoms with E-state index in [0.717, 1.165) is 11.1 Å². The number of halogens is 1. The van der Waals surface area contributed by atoms with E-state index in [1.807, 2.05) is 12.1 Å². The van der Waals surface area contributed by atoms with E-state index in [1.165, 1.54) is 6.07 Å². The van der Waals surface area contributed by atoms with E-state index in [0.29, 0.717) is 25.0 Å². The third-order valence-corrected chi connectivity index (χ3v) is 3.23. The molecule has 3 rings (SSSR count). The number of H-pyrrole nitrogens is 1. The molecule has 1 aliphatic heterocycles. The van der Waals surface area contributed by atoms with Gasteiger partial charge in [0, 0.05) is 30.6 Å². The average Bonchev–Trinajstić information content (AvgIpc) is 2.67. The van der Waals surface area contributed by atoms with Gasteiger partial charge >= 0.3 is 0 Å². The molecule has 0 radical (unpaired) electrons. The summed E-state index contributed by atoms with van der Waals surface area (Å²) in [5, 5.41) is 6.90. The Morgan fingerprint density at radius 2 is 2.17 bits per heavy atom. The summed E-state index contributed by atoms with van der Waals surface area (Å²) < 4.78 is 13.6. The zero-order valence-electron chi connectivity index (χ0n) is 9.79. The van der Waals surface area contributed by atoms with Crippen molar-refractivity contribution < 1.29 is 9.18 Å². The second-order valence-corrected chi connectivity index (χ2v) is 4.49. The van der Waals surface area contributed by atoms with Crippen LogP contribution in [0.2, 0.25) is 0 Å². The topological polar surface area (TPSA) is 56.9 Å². The fraction of sp³-hybridized carbons (Fsp3) is 0.308. The molecular weight excluding hydrogens is 233 g/mol. The van der Waals surface area contributed by atoms with Gasteiger partial charge in [-0.3, -0.25) is 4.79 Å². The van der Waals surface area contributed by atoms with Crippen molar-refractivity contribution in [2.24, 2.45) is 0 Å². The molecular formula is C13H14FN3O. The normalized spacial score (nSPS) is 20.7. The van der Waals surface area contributed by atoms with E-state index in [2.05, 4.69) is 15.6 Å². The minimum Gasteiger partial charge on any atom is -0.355 e. The van der Waals surface area contributed by atoms with Crippen LogP contribution < -0.4 is 10.6 Å². The number of carbonyl (C=O) groups excluding carboxylic acids is 1. The van der Waals surface area contributed by atoms with Gasteiger partial charge in [0.25, 0.3) is 0 Å². The van der Waals surface area contributed by atoms with E-state index in [4.69, 9.17) is 0 Å².